The van der Waals surface area contributed by atoms with Crippen LogP contribution < -0.4 is 0 Å². The topological polar surface area (TPSA) is 52.0 Å². The van der Waals surface area contributed by atoms with Gasteiger partial charge in [-0.25, -0.2) is 13.1 Å². The molecule has 2 aromatic rings. The average molecular weight is 322 g/mol. The van der Waals surface area contributed by atoms with E-state index < -0.39 is 9.05 Å². The van der Waals surface area contributed by atoms with Gasteiger partial charge in [0.15, 0.2) is 0 Å². The summed E-state index contributed by atoms with van der Waals surface area (Å²) < 4.78 is 24.4. The Bertz CT molecular complexity index is 624. The SMILES string of the molecule is O=S(=O)(Cl)c1cnn(-c2ccccc2Br)c1. The number of hydrogen-bond donors (Lipinski definition) is 0. The van der Waals surface area contributed by atoms with Crippen molar-refractivity contribution in [2.45, 2.75) is 4.90 Å². The number of halogens is 2. The first-order chi connectivity index (χ1) is 7.48. The highest BCUT2D eigenvalue weighted by molar-refractivity contribution is 9.10. The number of hydrogen-bond acceptors (Lipinski definition) is 3. The highest BCUT2D eigenvalue weighted by atomic mass is 79.9. The zero-order chi connectivity index (χ0) is 11.8. The van der Waals surface area contributed by atoms with E-state index in [4.69, 9.17) is 10.7 Å². The van der Waals surface area contributed by atoms with Gasteiger partial charge in [0.25, 0.3) is 9.05 Å². The van der Waals surface area contributed by atoms with E-state index in [1.807, 2.05) is 24.3 Å². The second-order valence-electron chi connectivity index (χ2n) is 3.01. The van der Waals surface area contributed by atoms with E-state index >= 15 is 0 Å². The predicted octanol–water partition coefficient (Wildman–Crippen LogP) is 2.56. The van der Waals surface area contributed by atoms with E-state index in [9.17, 15) is 8.42 Å². The van der Waals surface area contributed by atoms with Gasteiger partial charge in [-0.3, -0.25) is 0 Å². The van der Waals surface area contributed by atoms with Crippen LogP contribution in [-0.4, -0.2) is 18.2 Å². The summed E-state index contributed by atoms with van der Waals surface area (Å²) in [6, 6.07) is 7.33. The number of aromatic nitrogens is 2. The molecule has 16 heavy (non-hydrogen) atoms. The van der Waals surface area contributed by atoms with Crippen LogP contribution in [0.25, 0.3) is 5.69 Å². The molecule has 0 fully saturated rings. The molecule has 0 aliphatic heterocycles. The second kappa shape index (κ2) is 4.20. The zero-order valence-electron chi connectivity index (χ0n) is 7.84. The van der Waals surface area contributed by atoms with Crippen LogP contribution >= 0.6 is 26.6 Å². The Kier molecular flexibility index (Phi) is 3.05. The third kappa shape index (κ3) is 2.28. The maximum atomic E-state index is 11.1. The van der Waals surface area contributed by atoms with E-state index in [0.29, 0.717) is 0 Å². The Morgan fingerprint density at radius 3 is 2.56 bits per heavy atom. The van der Waals surface area contributed by atoms with Crippen LogP contribution in [0.1, 0.15) is 0 Å². The molecule has 0 spiro atoms. The van der Waals surface area contributed by atoms with Crippen LogP contribution in [0, 0.1) is 0 Å². The summed E-state index contributed by atoms with van der Waals surface area (Å²) in [5.74, 6) is 0. The monoisotopic (exact) mass is 320 g/mol. The normalized spacial score (nSPS) is 11.6. The van der Waals surface area contributed by atoms with Crippen molar-refractivity contribution in [2.75, 3.05) is 0 Å². The fourth-order valence-corrected chi connectivity index (χ4v) is 2.31. The van der Waals surface area contributed by atoms with E-state index in [1.54, 1.807) is 0 Å². The minimum absolute atomic E-state index is 0.0232. The third-order valence-corrected chi connectivity index (χ3v) is 3.92. The minimum Gasteiger partial charge on any atom is -0.238 e. The Balaban J connectivity index is 2.52. The van der Waals surface area contributed by atoms with Crippen molar-refractivity contribution < 1.29 is 8.42 Å². The fraction of sp³-hybridized carbons (Fsp3) is 0. The number of nitrogens with zero attached hydrogens (tertiary/aromatic N) is 2. The van der Waals surface area contributed by atoms with Crippen LogP contribution in [0.3, 0.4) is 0 Å². The van der Waals surface area contributed by atoms with Crippen LogP contribution in [0.5, 0.6) is 0 Å². The fourth-order valence-electron chi connectivity index (χ4n) is 1.20. The molecule has 0 bridgehead atoms. The van der Waals surface area contributed by atoms with Gasteiger partial charge in [-0.2, -0.15) is 5.10 Å². The van der Waals surface area contributed by atoms with E-state index in [2.05, 4.69) is 21.0 Å². The van der Waals surface area contributed by atoms with Gasteiger partial charge in [-0.1, -0.05) is 12.1 Å². The van der Waals surface area contributed by atoms with Gasteiger partial charge in [-0.15, -0.1) is 0 Å². The smallest absolute Gasteiger partial charge is 0.238 e. The maximum absolute atomic E-state index is 11.1. The first kappa shape index (κ1) is 11.6. The highest BCUT2D eigenvalue weighted by Crippen LogP contribution is 2.22. The molecule has 0 aliphatic rings. The summed E-state index contributed by atoms with van der Waals surface area (Å²) in [5.41, 5.74) is 0.745. The summed E-state index contributed by atoms with van der Waals surface area (Å²) in [4.78, 5) is -0.0232. The Labute approximate surface area is 105 Å². The van der Waals surface area contributed by atoms with Crippen molar-refractivity contribution in [3.05, 3.63) is 41.1 Å². The van der Waals surface area contributed by atoms with Crippen LogP contribution in [-0.2, 0) is 9.05 Å². The summed E-state index contributed by atoms with van der Waals surface area (Å²) in [6.07, 6.45) is 2.57. The molecule has 0 saturated carbocycles. The number of rotatable bonds is 2. The zero-order valence-corrected chi connectivity index (χ0v) is 11.0. The van der Waals surface area contributed by atoms with Crippen LogP contribution in [0.15, 0.2) is 46.0 Å². The van der Waals surface area contributed by atoms with Crippen molar-refractivity contribution in [2.24, 2.45) is 0 Å². The van der Waals surface area contributed by atoms with Gasteiger partial charge >= 0.3 is 0 Å². The van der Waals surface area contributed by atoms with Crippen LogP contribution in [0.2, 0.25) is 0 Å². The Morgan fingerprint density at radius 1 is 1.31 bits per heavy atom. The van der Waals surface area contributed by atoms with Gasteiger partial charge in [-0.05, 0) is 28.1 Å². The first-order valence-electron chi connectivity index (χ1n) is 4.23. The summed E-state index contributed by atoms with van der Waals surface area (Å²) in [5, 5.41) is 3.94. The quantitative estimate of drug-likeness (QED) is 0.799. The molecule has 1 aromatic heterocycles. The predicted molar refractivity (Wildman–Crippen MR) is 64.3 cm³/mol. The molecule has 0 saturated heterocycles. The Hall–Kier alpha value is -0.850. The maximum Gasteiger partial charge on any atom is 0.264 e. The third-order valence-electron chi connectivity index (χ3n) is 1.94. The largest absolute Gasteiger partial charge is 0.264 e. The van der Waals surface area contributed by atoms with Crippen molar-refractivity contribution in [1.82, 2.24) is 9.78 Å². The molecule has 0 unspecified atom stereocenters. The molecule has 7 heteroatoms. The molecule has 0 atom stereocenters. The molecule has 0 aliphatic carbocycles. The number of benzene rings is 1. The summed E-state index contributed by atoms with van der Waals surface area (Å²) in [6.45, 7) is 0. The molecular weight excluding hydrogens is 316 g/mol. The lowest BCUT2D eigenvalue weighted by molar-refractivity contribution is 0.609. The molecule has 1 aromatic carbocycles. The van der Waals surface area contributed by atoms with Crippen molar-refractivity contribution in [1.29, 1.82) is 0 Å². The molecule has 84 valence electrons. The second-order valence-corrected chi connectivity index (χ2v) is 6.43. The van der Waals surface area contributed by atoms with Gasteiger partial charge in [0.05, 0.1) is 18.1 Å². The van der Waals surface area contributed by atoms with E-state index in [0.717, 1.165) is 10.2 Å². The molecule has 0 amide bonds. The summed E-state index contributed by atoms with van der Waals surface area (Å²) >= 11 is 3.35. The minimum atomic E-state index is -3.73. The van der Waals surface area contributed by atoms with Gasteiger partial charge in [0.2, 0.25) is 0 Å². The molecule has 0 radical (unpaired) electrons. The highest BCUT2D eigenvalue weighted by Gasteiger charge is 2.13. The lowest BCUT2D eigenvalue weighted by Crippen LogP contribution is -1.95. The van der Waals surface area contributed by atoms with Crippen molar-refractivity contribution in [3.8, 4) is 5.69 Å². The van der Waals surface area contributed by atoms with Crippen molar-refractivity contribution in [3.63, 3.8) is 0 Å². The summed E-state index contributed by atoms with van der Waals surface area (Å²) in [7, 11) is 1.48. The number of para-hydroxylation sites is 1. The van der Waals surface area contributed by atoms with Crippen LogP contribution in [0.4, 0.5) is 0 Å². The van der Waals surface area contributed by atoms with Gasteiger partial charge < -0.3 is 0 Å². The van der Waals surface area contributed by atoms with E-state index in [-0.39, 0.29) is 4.90 Å². The average Bonchev–Trinajstić information content (AvgIpc) is 2.66. The molecule has 1 heterocycles. The molecule has 2 rings (SSSR count). The Morgan fingerprint density at radius 2 is 2.00 bits per heavy atom. The lowest BCUT2D eigenvalue weighted by Gasteiger charge is -2.02. The van der Waals surface area contributed by atoms with Crippen molar-refractivity contribution >= 4 is 35.7 Å². The first-order valence-corrected chi connectivity index (χ1v) is 7.33. The molecule has 0 N–H and O–H groups in total. The standard InChI is InChI=1S/C9H6BrClN2O2S/c10-8-3-1-2-4-9(8)13-6-7(5-12-13)16(11,14)15/h1-6H. The van der Waals surface area contributed by atoms with E-state index in [1.165, 1.54) is 17.1 Å². The molecular formula is C9H6BrClN2O2S. The molecule has 4 nitrogen and oxygen atoms in total. The van der Waals surface area contributed by atoms with Gasteiger partial charge in [0.1, 0.15) is 4.90 Å². The lowest BCUT2D eigenvalue weighted by atomic mass is 10.3. The van der Waals surface area contributed by atoms with Gasteiger partial charge in [0, 0.05) is 15.2 Å².